The van der Waals surface area contributed by atoms with Gasteiger partial charge in [0.25, 0.3) is 0 Å². The molecule has 2 heterocycles. The number of aromatic nitrogens is 2. The largest absolute Gasteiger partial charge is 0.457 e. The van der Waals surface area contributed by atoms with E-state index in [4.69, 9.17) is 4.74 Å². The lowest BCUT2D eigenvalue weighted by atomic mass is 9.99. The van der Waals surface area contributed by atoms with Crippen LogP contribution in [0.4, 0.5) is 13.2 Å². The van der Waals surface area contributed by atoms with Crippen LogP contribution >= 0.6 is 0 Å². The van der Waals surface area contributed by atoms with Crippen LogP contribution in [0, 0.1) is 11.3 Å². The lowest BCUT2D eigenvalue weighted by Crippen LogP contribution is -2.14. The molecular formula is C25H20F3N3O2. The number of aliphatic hydroxyl groups is 1. The number of halogens is 3. The number of ether oxygens (including phenoxy) is 1. The molecule has 8 heteroatoms. The molecule has 5 nitrogen and oxygen atoms in total. The number of hydrogen-bond donors (Lipinski definition) is 1. The third-order valence-electron chi connectivity index (χ3n) is 5.21. The van der Waals surface area contributed by atoms with E-state index in [2.05, 4.69) is 11.1 Å². The topological polar surface area (TPSA) is 70.6 Å². The number of benzene rings is 2. The first-order valence-corrected chi connectivity index (χ1v) is 10.1. The summed E-state index contributed by atoms with van der Waals surface area (Å²) in [6.45, 7) is 3.41. The molecule has 0 unspecified atom stereocenters. The lowest BCUT2D eigenvalue weighted by Gasteiger charge is -2.18. The van der Waals surface area contributed by atoms with Crippen LogP contribution in [-0.4, -0.2) is 20.7 Å². The maximum Gasteiger partial charge on any atom is 0.394 e. The fraction of sp³-hybridized carbons (Fsp3) is 0.200. The number of rotatable bonds is 5. The summed E-state index contributed by atoms with van der Waals surface area (Å²) in [6.07, 6.45) is -2.85. The SMILES string of the molecule is CC(C)(O)c1ccc(Oc2ccc(-c3ccn4c(CC(F)(F)F)cnc4c3C#N)cc2)cc1. The molecule has 1 N–H and O–H groups in total. The molecule has 0 aliphatic heterocycles. The molecule has 4 rings (SSSR count). The van der Waals surface area contributed by atoms with Crippen LogP contribution in [0.1, 0.15) is 30.7 Å². The Bertz CT molecular complexity index is 1330. The van der Waals surface area contributed by atoms with E-state index in [9.17, 15) is 23.5 Å². The smallest absolute Gasteiger partial charge is 0.394 e. The molecule has 0 saturated carbocycles. The lowest BCUT2D eigenvalue weighted by molar-refractivity contribution is -0.127. The van der Waals surface area contributed by atoms with E-state index >= 15 is 0 Å². The Morgan fingerprint density at radius 3 is 2.15 bits per heavy atom. The van der Waals surface area contributed by atoms with Gasteiger partial charge in [-0.3, -0.25) is 0 Å². The molecule has 4 aromatic rings. The number of hydrogen-bond acceptors (Lipinski definition) is 4. The summed E-state index contributed by atoms with van der Waals surface area (Å²) >= 11 is 0. The highest BCUT2D eigenvalue weighted by molar-refractivity contribution is 5.77. The van der Waals surface area contributed by atoms with E-state index < -0.39 is 18.2 Å². The highest BCUT2D eigenvalue weighted by Crippen LogP contribution is 2.31. The van der Waals surface area contributed by atoms with E-state index in [0.717, 1.165) is 11.8 Å². The van der Waals surface area contributed by atoms with Crippen LogP contribution in [0.2, 0.25) is 0 Å². The Balaban J connectivity index is 1.60. The summed E-state index contributed by atoms with van der Waals surface area (Å²) in [5.74, 6) is 1.17. The Morgan fingerprint density at radius 1 is 1.00 bits per heavy atom. The number of nitriles is 1. The summed E-state index contributed by atoms with van der Waals surface area (Å²) in [4.78, 5) is 4.06. The average Bonchev–Trinajstić information content (AvgIpc) is 3.14. The van der Waals surface area contributed by atoms with Gasteiger partial charge in [0.05, 0.1) is 17.7 Å². The molecule has 33 heavy (non-hydrogen) atoms. The van der Waals surface area contributed by atoms with E-state index in [0.29, 0.717) is 22.6 Å². The highest BCUT2D eigenvalue weighted by atomic mass is 19.4. The molecule has 168 valence electrons. The Kier molecular flexibility index (Phi) is 5.60. The van der Waals surface area contributed by atoms with Gasteiger partial charge in [-0.1, -0.05) is 24.3 Å². The van der Waals surface area contributed by atoms with Crippen molar-refractivity contribution >= 4 is 5.65 Å². The molecule has 0 aliphatic rings. The maximum atomic E-state index is 12.8. The van der Waals surface area contributed by atoms with Crippen LogP contribution in [-0.2, 0) is 12.0 Å². The molecule has 0 aliphatic carbocycles. The first kappa shape index (κ1) is 22.4. The second kappa shape index (κ2) is 8.26. The molecular weight excluding hydrogens is 431 g/mol. The molecule has 0 bridgehead atoms. The average molecular weight is 451 g/mol. The minimum absolute atomic E-state index is 0.0279. The molecule has 2 aromatic heterocycles. The monoisotopic (exact) mass is 451 g/mol. The summed E-state index contributed by atoms with van der Waals surface area (Å²) in [5, 5.41) is 19.7. The van der Waals surface area contributed by atoms with Gasteiger partial charge in [0, 0.05) is 18.0 Å². The molecule has 0 spiro atoms. The van der Waals surface area contributed by atoms with Gasteiger partial charge in [-0.2, -0.15) is 18.4 Å². The van der Waals surface area contributed by atoms with Gasteiger partial charge in [-0.25, -0.2) is 4.98 Å². The minimum Gasteiger partial charge on any atom is -0.457 e. The fourth-order valence-corrected chi connectivity index (χ4v) is 3.56. The van der Waals surface area contributed by atoms with Gasteiger partial charge in [0.2, 0.25) is 0 Å². The third-order valence-corrected chi connectivity index (χ3v) is 5.21. The van der Waals surface area contributed by atoms with E-state index in [1.807, 2.05) is 0 Å². The highest BCUT2D eigenvalue weighted by Gasteiger charge is 2.29. The molecule has 0 radical (unpaired) electrons. The van der Waals surface area contributed by atoms with Crippen molar-refractivity contribution in [3.05, 3.63) is 83.8 Å². The number of pyridine rings is 1. The number of fused-ring (bicyclic) bond motifs is 1. The molecule has 0 saturated heterocycles. The minimum atomic E-state index is -4.37. The molecule has 0 atom stereocenters. The van der Waals surface area contributed by atoms with Gasteiger partial charge in [-0.05, 0) is 55.3 Å². The first-order valence-electron chi connectivity index (χ1n) is 10.1. The maximum absolute atomic E-state index is 12.8. The van der Waals surface area contributed by atoms with Crippen LogP contribution in [0.3, 0.4) is 0 Å². The standard InChI is InChI=1S/C25H20F3N3O2/c1-24(2,32)17-5-9-20(10-6-17)33-19-7-3-16(4-8-19)21-11-12-31-18(13-25(26,27)28)15-30-23(31)22(21)14-29/h3-12,15,32H,13H2,1-2H3. The van der Waals surface area contributed by atoms with Crippen molar-refractivity contribution in [2.24, 2.45) is 0 Å². The van der Waals surface area contributed by atoms with Gasteiger partial charge >= 0.3 is 6.18 Å². The summed E-state index contributed by atoms with van der Waals surface area (Å²) in [6, 6.07) is 17.8. The van der Waals surface area contributed by atoms with Gasteiger partial charge < -0.3 is 14.2 Å². The Hall–Kier alpha value is -3.83. The van der Waals surface area contributed by atoms with Crippen LogP contribution in [0.25, 0.3) is 16.8 Å². The summed E-state index contributed by atoms with van der Waals surface area (Å²) in [7, 11) is 0. The third kappa shape index (κ3) is 4.83. The van der Waals surface area contributed by atoms with Crippen molar-refractivity contribution in [3.63, 3.8) is 0 Å². The Morgan fingerprint density at radius 2 is 1.61 bits per heavy atom. The fourth-order valence-electron chi connectivity index (χ4n) is 3.56. The molecule has 2 aromatic carbocycles. The molecule has 0 amide bonds. The van der Waals surface area contributed by atoms with E-state index in [1.165, 1.54) is 10.6 Å². The zero-order valence-electron chi connectivity index (χ0n) is 17.9. The second-order valence-electron chi connectivity index (χ2n) is 8.16. The van der Waals surface area contributed by atoms with Crippen LogP contribution < -0.4 is 4.74 Å². The quantitative estimate of drug-likeness (QED) is 0.404. The van der Waals surface area contributed by atoms with Crippen molar-refractivity contribution < 1.29 is 23.0 Å². The number of alkyl halides is 3. The zero-order chi connectivity index (χ0) is 23.8. The van der Waals surface area contributed by atoms with Crippen molar-refractivity contribution in [2.75, 3.05) is 0 Å². The van der Waals surface area contributed by atoms with Crippen molar-refractivity contribution in [1.82, 2.24) is 9.38 Å². The first-order chi connectivity index (χ1) is 15.5. The van der Waals surface area contributed by atoms with E-state index in [1.54, 1.807) is 68.4 Å². The zero-order valence-corrected chi connectivity index (χ0v) is 17.9. The van der Waals surface area contributed by atoms with E-state index in [-0.39, 0.29) is 16.9 Å². The van der Waals surface area contributed by atoms with Gasteiger partial charge in [0.1, 0.15) is 23.1 Å². The van der Waals surface area contributed by atoms with Crippen molar-refractivity contribution in [1.29, 1.82) is 5.26 Å². The number of imidazole rings is 1. The Labute approximate surface area is 188 Å². The normalized spacial score (nSPS) is 12.0. The van der Waals surface area contributed by atoms with Crippen molar-refractivity contribution in [2.45, 2.75) is 32.0 Å². The van der Waals surface area contributed by atoms with Gasteiger partial charge in [-0.15, -0.1) is 0 Å². The number of nitrogens with zero attached hydrogens (tertiary/aromatic N) is 3. The second-order valence-corrected chi connectivity index (χ2v) is 8.16. The van der Waals surface area contributed by atoms with Gasteiger partial charge in [0.15, 0.2) is 5.65 Å². The predicted molar refractivity (Wildman–Crippen MR) is 117 cm³/mol. The molecule has 0 fully saturated rings. The summed E-state index contributed by atoms with van der Waals surface area (Å²) in [5.41, 5.74) is 1.45. The predicted octanol–water partition coefficient (Wildman–Crippen LogP) is 6.00. The van der Waals surface area contributed by atoms with Crippen LogP contribution in [0.5, 0.6) is 11.5 Å². The summed E-state index contributed by atoms with van der Waals surface area (Å²) < 4.78 is 45.6. The van der Waals surface area contributed by atoms with Crippen molar-refractivity contribution in [3.8, 4) is 28.7 Å². The van der Waals surface area contributed by atoms with Crippen LogP contribution in [0.15, 0.2) is 67.0 Å².